The molecule has 1 N–H and O–H groups in total. The smallest absolute Gasteiger partial charge is 0.260 e. The van der Waals surface area contributed by atoms with E-state index in [0.29, 0.717) is 48.7 Å². The van der Waals surface area contributed by atoms with Crippen molar-refractivity contribution >= 4 is 11.8 Å². The Hall–Kier alpha value is -3.22. The van der Waals surface area contributed by atoms with Gasteiger partial charge in [-0.05, 0) is 62.1 Å². The Labute approximate surface area is 183 Å². The molecule has 1 aliphatic heterocycles. The maximum absolute atomic E-state index is 12.8. The maximum atomic E-state index is 12.8. The molecule has 3 rings (SSSR count). The van der Waals surface area contributed by atoms with Crippen LogP contribution in [-0.4, -0.2) is 56.7 Å². The number of ether oxygens (including phenoxy) is 3. The predicted octanol–water partition coefficient (Wildman–Crippen LogP) is 3.12. The van der Waals surface area contributed by atoms with Gasteiger partial charge < -0.3 is 24.4 Å². The van der Waals surface area contributed by atoms with Crippen molar-refractivity contribution in [1.82, 2.24) is 10.2 Å². The number of likely N-dealkylation sites (tertiary alicyclic amines) is 1. The van der Waals surface area contributed by atoms with E-state index in [9.17, 15) is 9.59 Å². The minimum atomic E-state index is -0.239. The fraction of sp³-hybridized carbons (Fsp3) is 0.417. The summed E-state index contributed by atoms with van der Waals surface area (Å²) in [6.45, 7) is 5.21. The molecule has 166 valence electrons. The summed E-state index contributed by atoms with van der Waals surface area (Å²) in [6.07, 6.45) is 1.36. The summed E-state index contributed by atoms with van der Waals surface area (Å²) in [6, 6.07) is 11.0. The van der Waals surface area contributed by atoms with Crippen LogP contribution in [0.5, 0.6) is 17.2 Å². The number of nitrogens with one attached hydrogen (secondary N) is 1. The lowest BCUT2D eigenvalue weighted by atomic mass is 10.0. The van der Waals surface area contributed by atoms with Crippen LogP contribution in [0.15, 0.2) is 36.4 Å². The fourth-order valence-corrected chi connectivity index (χ4v) is 3.65. The van der Waals surface area contributed by atoms with Gasteiger partial charge in [0.25, 0.3) is 11.8 Å². The summed E-state index contributed by atoms with van der Waals surface area (Å²) in [5.74, 6) is 1.34. The SMILES string of the molecule is COc1cccc(OC)c1C(=O)NC1CCN(C(=O)COc2ccc(C)c(C)c2)CC1. The highest BCUT2D eigenvalue weighted by molar-refractivity contribution is 5.99. The average Bonchev–Trinajstić information content (AvgIpc) is 2.79. The van der Waals surface area contributed by atoms with E-state index in [0.717, 1.165) is 5.56 Å². The van der Waals surface area contributed by atoms with Gasteiger partial charge in [-0.3, -0.25) is 9.59 Å². The minimum absolute atomic E-state index is 0.0118. The Kier molecular flexibility index (Phi) is 7.39. The molecule has 0 radical (unpaired) electrons. The van der Waals surface area contributed by atoms with E-state index in [1.54, 1.807) is 23.1 Å². The molecule has 1 aliphatic rings. The second-order valence-corrected chi connectivity index (χ2v) is 7.70. The van der Waals surface area contributed by atoms with Crippen LogP contribution in [0.1, 0.15) is 34.3 Å². The van der Waals surface area contributed by atoms with Crippen LogP contribution in [0, 0.1) is 13.8 Å². The summed E-state index contributed by atoms with van der Waals surface area (Å²) in [5.41, 5.74) is 2.70. The number of hydrogen-bond acceptors (Lipinski definition) is 5. The van der Waals surface area contributed by atoms with Crippen LogP contribution >= 0.6 is 0 Å². The van der Waals surface area contributed by atoms with Gasteiger partial charge in [0.05, 0.1) is 14.2 Å². The molecule has 0 aromatic heterocycles. The average molecular weight is 427 g/mol. The molecule has 7 nitrogen and oxygen atoms in total. The van der Waals surface area contributed by atoms with E-state index in [2.05, 4.69) is 5.32 Å². The third kappa shape index (κ3) is 5.48. The first-order valence-corrected chi connectivity index (χ1v) is 10.4. The molecule has 2 amide bonds. The highest BCUT2D eigenvalue weighted by Gasteiger charge is 2.26. The van der Waals surface area contributed by atoms with Crippen LogP contribution in [0.3, 0.4) is 0 Å². The van der Waals surface area contributed by atoms with E-state index in [1.807, 2.05) is 32.0 Å². The van der Waals surface area contributed by atoms with Crippen molar-refractivity contribution in [2.75, 3.05) is 33.9 Å². The third-order valence-corrected chi connectivity index (χ3v) is 5.68. The quantitative estimate of drug-likeness (QED) is 0.736. The zero-order valence-corrected chi connectivity index (χ0v) is 18.6. The molecule has 2 aromatic carbocycles. The van der Waals surface area contributed by atoms with Gasteiger partial charge in [0.1, 0.15) is 22.8 Å². The van der Waals surface area contributed by atoms with Gasteiger partial charge in [0, 0.05) is 19.1 Å². The number of hydrogen-bond donors (Lipinski definition) is 1. The molecule has 7 heteroatoms. The predicted molar refractivity (Wildman–Crippen MR) is 118 cm³/mol. The van der Waals surface area contributed by atoms with Crippen molar-refractivity contribution in [2.24, 2.45) is 0 Å². The van der Waals surface area contributed by atoms with Gasteiger partial charge in [-0.15, -0.1) is 0 Å². The van der Waals surface area contributed by atoms with E-state index in [1.165, 1.54) is 19.8 Å². The van der Waals surface area contributed by atoms with Crippen LogP contribution in [-0.2, 0) is 4.79 Å². The monoisotopic (exact) mass is 426 g/mol. The Bertz CT molecular complexity index is 913. The first kappa shape index (κ1) is 22.5. The van der Waals surface area contributed by atoms with Crippen molar-refractivity contribution in [3.05, 3.63) is 53.1 Å². The number of rotatable bonds is 7. The van der Waals surface area contributed by atoms with Gasteiger partial charge >= 0.3 is 0 Å². The van der Waals surface area contributed by atoms with Gasteiger partial charge in [-0.1, -0.05) is 12.1 Å². The summed E-state index contributed by atoms with van der Waals surface area (Å²) in [7, 11) is 3.05. The lowest BCUT2D eigenvalue weighted by molar-refractivity contribution is -0.134. The third-order valence-electron chi connectivity index (χ3n) is 5.68. The number of nitrogens with zero attached hydrogens (tertiary/aromatic N) is 1. The van der Waals surface area contributed by atoms with Gasteiger partial charge in [-0.2, -0.15) is 0 Å². The number of carbonyl (C=O) groups excluding carboxylic acids is 2. The second-order valence-electron chi connectivity index (χ2n) is 7.70. The van der Waals surface area contributed by atoms with Crippen molar-refractivity contribution in [3.63, 3.8) is 0 Å². The molecule has 2 aromatic rings. The summed E-state index contributed by atoms with van der Waals surface area (Å²) >= 11 is 0. The molecule has 1 fully saturated rings. The van der Waals surface area contributed by atoms with Gasteiger partial charge in [0.2, 0.25) is 0 Å². The molecule has 1 heterocycles. The molecule has 0 bridgehead atoms. The van der Waals surface area contributed by atoms with Crippen LogP contribution in [0.2, 0.25) is 0 Å². The molecular weight excluding hydrogens is 396 g/mol. The highest BCUT2D eigenvalue weighted by atomic mass is 16.5. The normalized spacial score (nSPS) is 14.1. The van der Waals surface area contributed by atoms with Crippen LogP contribution in [0.25, 0.3) is 0 Å². The number of methoxy groups -OCH3 is 2. The molecule has 0 atom stereocenters. The topological polar surface area (TPSA) is 77.1 Å². The Morgan fingerprint density at radius 2 is 1.65 bits per heavy atom. The molecule has 0 aliphatic carbocycles. The number of benzene rings is 2. The fourth-order valence-electron chi connectivity index (χ4n) is 3.65. The summed E-state index contributed by atoms with van der Waals surface area (Å²) in [4.78, 5) is 27.1. The second kappa shape index (κ2) is 10.2. The van der Waals surface area contributed by atoms with Crippen LogP contribution in [0.4, 0.5) is 0 Å². The lowest BCUT2D eigenvalue weighted by Crippen LogP contribution is -2.47. The minimum Gasteiger partial charge on any atom is -0.496 e. The van der Waals surface area contributed by atoms with E-state index < -0.39 is 0 Å². The molecule has 1 saturated heterocycles. The Balaban J connectivity index is 1.51. The number of carbonyl (C=O) groups is 2. The number of amides is 2. The Morgan fingerprint density at radius 3 is 2.23 bits per heavy atom. The van der Waals surface area contributed by atoms with Gasteiger partial charge in [0.15, 0.2) is 6.61 Å². The van der Waals surface area contributed by atoms with Crippen LogP contribution < -0.4 is 19.5 Å². The zero-order valence-electron chi connectivity index (χ0n) is 18.6. The molecule has 0 saturated carbocycles. The van der Waals surface area contributed by atoms with Crippen molar-refractivity contribution in [1.29, 1.82) is 0 Å². The van der Waals surface area contributed by atoms with Crippen molar-refractivity contribution < 1.29 is 23.8 Å². The zero-order chi connectivity index (χ0) is 22.4. The van der Waals surface area contributed by atoms with Crippen molar-refractivity contribution in [3.8, 4) is 17.2 Å². The van der Waals surface area contributed by atoms with Gasteiger partial charge in [-0.25, -0.2) is 0 Å². The molecule has 31 heavy (non-hydrogen) atoms. The largest absolute Gasteiger partial charge is 0.496 e. The highest BCUT2D eigenvalue weighted by Crippen LogP contribution is 2.28. The maximum Gasteiger partial charge on any atom is 0.260 e. The number of piperidine rings is 1. The first-order valence-electron chi connectivity index (χ1n) is 10.4. The summed E-state index contributed by atoms with van der Waals surface area (Å²) < 4.78 is 16.3. The van der Waals surface area contributed by atoms with E-state index in [4.69, 9.17) is 14.2 Å². The first-order chi connectivity index (χ1) is 14.9. The molecule has 0 spiro atoms. The molecule has 0 unspecified atom stereocenters. The standard InChI is InChI=1S/C24H30N2O5/c1-16-8-9-19(14-17(16)2)31-15-22(27)26-12-10-18(11-13-26)25-24(28)23-20(29-3)6-5-7-21(23)30-4/h5-9,14,18H,10-13,15H2,1-4H3,(H,25,28). The lowest BCUT2D eigenvalue weighted by Gasteiger charge is -2.32. The Morgan fingerprint density at radius 1 is 1.00 bits per heavy atom. The van der Waals surface area contributed by atoms with Crippen molar-refractivity contribution in [2.45, 2.75) is 32.7 Å². The molecular formula is C24H30N2O5. The van der Waals surface area contributed by atoms with E-state index >= 15 is 0 Å². The summed E-state index contributed by atoms with van der Waals surface area (Å²) in [5, 5.41) is 3.05. The number of aryl methyl sites for hydroxylation is 2. The van der Waals surface area contributed by atoms with E-state index in [-0.39, 0.29) is 24.5 Å².